The molecule has 4 rings (SSSR count). The zero-order valence-corrected chi connectivity index (χ0v) is 15.7. The van der Waals surface area contributed by atoms with Gasteiger partial charge < -0.3 is 4.57 Å². The number of rotatable bonds is 4. The SMILES string of the molecule is O=[N+]([O-])c1ccc(S(=O)(=O)N2CCn3cccc3[C@H]2c2ccc(F)c(F)c2)cc1. The van der Waals surface area contributed by atoms with Gasteiger partial charge in [0.25, 0.3) is 5.69 Å². The Morgan fingerprint density at radius 3 is 2.38 bits per heavy atom. The Morgan fingerprint density at radius 1 is 1.00 bits per heavy atom. The highest BCUT2D eigenvalue weighted by Gasteiger charge is 2.38. The Bertz CT molecular complexity index is 1190. The van der Waals surface area contributed by atoms with Gasteiger partial charge in [0.1, 0.15) is 0 Å². The second-order valence-corrected chi connectivity index (χ2v) is 8.46. The second kappa shape index (κ2) is 7.05. The number of nitro groups is 1. The van der Waals surface area contributed by atoms with E-state index in [0.29, 0.717) is 12.2 Å². The van der Waals surface area contributed by atoms with E-state index in [1.54, 1.807) is 18.3 Å². The van der Waals surface area contributed by atoms with Gasteiger partial charge in [-0.15, -0.1) is 0 Å². The summed E-state index contributed by atoms with van der Waals surface area (Å²) in [6, 6.07) is 10.5. The third-order valence-electron chi connectivity index (χ3n) is 4.91. The van der Waals surface area contributed by atoms with Crippen molar-refractivity contribution in [2.75, 3.05) is 6.54 Å². The van der Waals surface area contributed by atoms with Crippen molar-refractivity contribution in [3.8, 4) is 0 Å². The molecule has 0 unspecified atom stereocenters. The van der Waals surface area contributed by atoms with E-state index < -0.39 is 32.6 Å². The summed E-state index contributed by atoms with van der Waals surface area (Å²) < 4.78 is 57.0. The normalized spacial score (nSPS) is 17.1. The molecule has 1 atom stereocenters. The third kappa shape index (κ3) is 3.30. The minimum Gasteiger partial charge on any atom is -0.348 e. The molecule has 2 heterocycles. The average Bonchev–Trinajstić information content (AvgIpc) is 3.18. The summed E-state index contributed by atoms with van der Waals surface area (Å²) in [7, 11) is -4.06. The molecule has 0 amide bonds. The molecule has 0 saturated carbocycles. The number of halogens is 2. The van der Waals surface area contributed by atoms with E-state index in [4.69, 9.17) is 0 Å². The Labute approximate surface area is 165 Å². The molecular weight excluding hydrogens is 404 g/mol. The van der Waals surface area contributed by atoms with E-state index in [1.165, 1.54) is 22.5 Å². The number of hydrogen-bond donors (Lipinski definition) is 0. The first-order valence-corrected chi connectivity index (χ1v) is 10.1. The first-order valence-electron chi connectivity index (χ1n) is 8.65. The van der Waals surface area contributed by atoms with Crippen LogP contribution in [0.5, 0.6) is 0 Å². The molecule has 10 heteroatoms. The Kier molecular flexibility index (Phi) is 4.67. The maximum atomic E-state index is 13.9. The Hall–Kier alpha value is -3.11. The summed E-state index contributed by atoms with van der Waals surface area (Å²) in [4.78, 5) is 10.1. The van der Waals surface area contributed by atoms with Crippen molar-refractivity contribution in [2.24, 2.45) is 0 Å². The van der Waals surface area contributed by atoms with Crippen molar-refractivity contribution >= 4 is 15.7 Å². The first-order chi connectivity index (χ1) is 13.8. The molecule has 0 saturated heterocycles. The quantitative estimate of drug-likeness (QED) is 0.479. The second-order valence-electron chi connectivity index (χ2n) is 6.57. The van der Waals surface area contributed by atoms with Gasteiger partial charge in [-0.05, 0) is 42.0 Å². The number of fused-ring (bicyclic) bond motifs is 1. The molecule has 0 fully saturated rings. The van der Waals surface area contributed by atoms with Crippen molar-refractivity contribution in [2.45, 2.75) is 17.5 Å². The molecule has 0 radical (unpaired) electrons. The van der Waals surface area contributed by atoms with Crippen LogP contribution in [0.1, 0.15) is 17.3 Å². The number of non-ortho nitro benzene ring substituents is 1. The lowest BCUT2D eigenvalue weighted by Gasteiger charge is -2.36. The van der Waals surface area contributed by atoms with E-state index in [2.05, 4.69) is 0 Å². The van der Waals surface area contributed by atoms with Gasteiger partial charge in [0.05, 0.1) is 15.9 Å². The van der Waals surface area contributed by atoms with Crippen LogP contribution in [-0.2, 0) is 16.6 Å². The molecule has 1 aromatic heterocycles. The van der Waals surface area contributed by atoms with Crippen molar-refractivity contribution in [3.63, 3.8) is 0 Å². The molecule has 0 N–H and O–H groups in total. The van der Waals surface area contributed by atoms with Crippen molar-refractivity contribution < 1.29 is 22.1 Å². The Morgan fingerprint density at radius 2 is 1.72 bits per heavy atom. The van der Waals surface area contributed by atoms with Crippen LogP contribution >= 0.6 is 0 Å². The summed E-state index contributed by atoms with van der Waals surface area (Å²) in [5, 5.41) is 10.8. The minimum atomic E-state index is -4.06. The molecule has 0 bridgehead atoms. The van der Waals surface area contributed by atoms with Crippen molar-refractivity contribution in [3.05, 3.63) is 93.8 Å². The lowest BCUT2D eigenvalue weighted by Crippen LogP contribution is -2.42. The van der Waals surface area contributed by atoms with Gasteiger partial charge >= 0.3 is 0 Å². The highest BCUT2D eigenvalue weighted by Crippen LogP contribution is 2.37. The van der Waals surface area contributed by atoms with Crippen LogP contribution in [0.2, 0.25) is 0 Å². The largest absolute Gasteiger partial charge is 0.348 e. The fourth-order valence-corrected chi connectivity index (χ4v) is 5.10. The summed E-state index contributed by atoms with van der Waals surface area (Å²) in [5.74, 6) is -2.09. The minimum absolute atomic E-state index is 0.102. The standard InChI is InChI=1S/C19H15F2N3O4S/c20-16-8-3-13(12-17(16)21)19-18-2-1-9-22(18)10-11-23(19)29(27,28)15-6-4-14(5-7-15)24(25)26/h1-9,12,19H,10-11H2/t19-/m1/s1. The van der Waals surface area contributed by atoms with E-state index in [9.17, 15) is 27.3 Å². The van der Waals surface area contributed by atoms with Crippen molar-refractivity contribution in [1.29, 1.82) is 0 Å². The Balaban J connectivity index is 1.82. The van der Waals surface area contributed by atoms with Gasteiger partial charge in [0.15, 0.2) is 11.6 Å². The summed E-state index contributed by atoms with van der Waals surface area (Å²) in [6.45, 7) is 0.486. The smallest absolute Gasteiger partial charge is 0.269 e. The summed E-state index contributed by atoms with van der Waals surface area (Å²) in [5.41, 5.74) is 0.676. The lowest BCUT2D eigenvalue weighted by molar-refractivity contribution is -0.384. The van der Waals surface area contributed by atoms with E-state index >= 15 is 0 Å². The van der Waals surface area contributed by atoms with Crippen molar-refractivity contribution in [1.82, 2.24) is 8.87 Å². The average molecular weight is 419 g/mol. The zero-order chi connectivity index (χ0) is 20.8. The number of benzene rings is 2. The first kappa shape index (κ1) is 19.2. The number of nitrogens with zero attached hydrogens (tertiary/aromatic N) is 3. The molecule has 29 heavy (non-hydrogen) atoms. The number of hydrogen-bond acceptors (Lipinski definition) is 4. The maximum Gasteiger partial charge on any atom is 0.269 e. The van der Waals surface area contributed by atoms with Crippen LogP contribution in [-0.4, -0.2) is 28.8 Å². The van der Waals surface area contributed by atoms with Gasteiger partial charge in [-0.3, -0.25) is 10.1 Å². The van der Waals surface area contributed by atoms with Gasteiger partial charge in [-0.1, -0.05) is 6.07 Å². The number of nitro benzene ring substituents is 1. The highest BCUT2D eigenvalue weighted by molar-refractivity contribution is 7.89. The van der Waals surface area contributed by atoms with E-state index in [0.717, 1.165) is 24.3 Å². The van der Waals surface area contributed by atoms with E-state index in [-0.39, 0.29) is 22.7 Å². The monoisotopic (exact) mass is 419 g/mol. The predicted octanol–water partition coefficient (Wildman–Crippen LogP) is 3.47. The van der Waals surface area contributed by atoms with E-state index in [1.807, 2.05) is 4.57 Å². The molecule has 2 aromatic carbocycles. The molecule has 1 aliphatic rings. The molecule has 0 spiro atoms. The molecule has 3 aromatic rings. The van der Waals surface area contributed by atoms with Crippen LogP contribution in [0.4, 0.5) is 14.5 Å². The van der Waals surface area contributed by atoms with Crippen LogP contribution in [0.15, 0.2) is 65.7 Å². The van der Waals surface area contributed by atoms with Gasteiger partial charge in [0.2, 0.25) is 10.0 Å². The van der Waals surface area contributed by atoms with Crippen LogP contribution in [0.3, 0.4) is 0 Å². The summed E-state index contributed by atoms with van der Waals surface area (Å²) in [6.07, 6.45) is 1.79. The highest BCUT2D eigenvalue weighted by atomic mass is 32.2. The number of sulfonamides is 1. The van der Waals surface area contributed by atoms with Gasteiger partial charge in [0, 0.05) is 37.1 Å². The zero-order valence-electron chi connectivity index (χ0n) is 14.9. The fourth-order valence-electron chi connectivity index (χ4n) is 3.52. The topological polar surface area (TPSA) is 85.4 Å². The molecule has 1 aliphatic heterocycles. The lowest BCUT2D eigenvalue weighted by atomic mass is 10.0. The van der Waals surface area contributed by atoms with Crippen LogP contribution in [0.25, 0.3) is 0 Å². The maximum absolute atomic E-state index is 13.9. The van der Waals surface area contributed by atoms with Crippen LogP contribution < -0.4 is 0 Å². The molecule has 150 valence electrons. The fraction of sp³-hybridized carbons (Fsp3) is 0.158. The molecule has 7 nitrogen and oxygen atoms in total. The molecule has 0 aliphatic carbocycles. The third-order valence-corrected chi connectivity index (χ3v) is 6.79. The number of aromatic nitrogens is 1. The van der Waals surface area contributed by atoms with Gasteiger partial charge in [-0.2, -0.15) is 4.31 Å². The van der Waals surface area contributed by atoms with Crippen LogP contribution in [0, 0.1) is 21.7 Å². The predicted molar refractivity (Wildman–Crippen MR) is 99.6 cm³/mol. The van der Waals surface area contributed by atoms with Gasteiger partial charge in [-0.25, -0.2) is 17.2 Å². The summed E-state index contributed by atoms with van der Waals surface area (Å²) >= 11 is 0. The molecular formula is C19H15F2N3O4S.